The average molecular weight is 250 g/mol. The molecule has 1 fully saturated rings. The summed E-state index contributed by atoms with van der Waals surface area (Å²) in [5.74, 6) is -0.418. The van der Waals surface area contributed by atoms with E-state index in [0.717, 1.165) is 5.56 Å². The van der Waals surface area contributed by atoms with E-state index in [0.29, 0.717) is 13.0 Å². The minimum absolute atomic E-state index is 0.0436. The minimum atomic E-state index is -0.317. The number of nitrogens with zero attached hydrogens (tertiary/aromatic N) is 1. The molecule has 2 rings (SSSR count). The van der Waals surface area contributed by atoms with E-state index in [-0.39, 0.29) is 30.1 Å². The highest BCUT2D eigenvalue weighted by Crippen LogP contribution is 2.09. The van der Waals surface area contributed by atoms with Crippen LogP contribution in [0.5, 0.6) is 0 Å². The molecule has 0 spiro atoms. The first kappa shape index (κ1) is 12.5. The zero-order valence-electron chi connectivity index (χ0n) is 10.1. The molecular weight excluding hydrogens is 235 g/mol. The van der Waals surface area contributed by atoms with Crippen LogP contribution in [-0.4, -0.2) is 36.3 Å². The zero-order valence-corrected chi connectivity index (χ0v) is 10.1. The van der Waals surface area contributed by atoms with E-state index in [4.69, 9.17) is 0 Å². The zero-order chi connectivity index (χ0) is 13.1. The van der Waals surface area contributed by atoms with E-state index >= 15 is 0 Å². The van der Waals surface area contributed by atoms with E-state index in [1.165, 1.54) is 12.1 Å². The molecule has 1 saturated heterocycles. The lowest BCUT2D eigenvalue weighted by Crippen LogP contribution is -2.37. The van der Waals surface area contributed by atoms with Gasteiger partial charge in [-0.05, 0) is 17.7 Å². The normalized spacial score (nSPS) is 19.1. The number of likely N-dealkylation sites (N-methyl/N-ethyl adjacent to an activating group) is 1. The van der Waals surface area contributed by atoms with Gasteiger partial charge in [-0.1, -0.05) is 12.1 Å². The van der Waals surface area contributed by atoms with Crippen molar-refractivity contribution in [3.63, 3.8) is 0 Å². The van der Waals surface area contributed by atoms with Crippen LogP contribution in [0.25, 0.3) is 0 Å². The molecule has 1 aromatic carbocycles. The third kappa shape index (κ3) is 3.06. The number of carbonyl (C=O) groups excluding carboxylic acids is 2. The van der Waals surface area contributed by atoms with Crippen LogP contribution in [0, 0.1) is 5.82 Å². The first-order chi connectivity index (χ1) is 8.54. The van der Waals surface area contributed by atoms with Gasteiger partial charge in [0.05, 0.1) is 12.5 Å². The molecule has 1 aliphatic heterocycles. The summed E-state index contributed by atoms with van der Waals surface area (Å²) < 4.78 is 12.7. The summed E-state index contributed by atoms with van der Waals surface area (Å²) in [5.41, 5.74) is 0.756. The molecule has 1 N–H and O–H groups in total. The molecule has 1 unspecified atom stereocenters. The molecule has 0 radical (unpaired) electrons. The quantitative estimate of drug-likeness (QED) is 0.859. The molecule has 4 nitrogen and oxygen atoms in total. The molecule has 96 valence electrons. The number of carbonyl (C=O) groups is 2. The van der Waals surface area contributed by atoms with Crippen LogP contribution < -0.4 is 5.32 Å². The third-order valence-electron chi connectivity index (χ3n) is 2.98. The number of likely N-dealkylation sites (tertiary alicyclic amines) is 1. The Balaban J connectivity index is 1.86. The van der Waals surface area contributed by atoms with Gasteiger partial charge in [-0.3, -0.25) is 9.59 Å². The molecule has 2 amide bonds. The van der Waals surface area contributed by atoms with Crippen molar-refractivity contribution in [2.45, 2.75) is 18.9 Å². The maximum atomic E-state index is 12.7. The second kappa shape index (κ2) is 5.16. The van der Waals surface area contributed by atoms with E-state index in [1.807, 2.05) is 0 Å². The van der Waals surface area contributed by atoms with Gasteiger partial charge in [0.2, 0.25) is 11.8 Å². The number of rotatable bonds is 3. The molecule has 0 bridgehead atoms. The molecule has 1 atom stereocenters. The van der Waals surface area contributed by atoms with Crippen molar-refractivity contribution in [2.75, 3.05) is 13.6 Å². The van der Waals surface area contributed by atoms with Crippen LogP contribution in [0.15, 0.2) is 24.3 Å². The Morgan fingerprint density at radius 3 is 2.67 bits per heavy atom. The summed E-state index contributed by atoms with van der Waals surface area (Å²) in [5, 5.41) is 2.81. The van der Waals surface area contributed by atoms with Crippen LogP contribution in [-0.2, 0) is 16.0 Å². The largest absolute Gasteiger partial charge is 0.351 e. The Morgan fingerprint density at radius 1 is 1.44 bits per heavy atom. The lowest BCUT2D eigenvalue weighted by molar-refractivity contribution is -0.126. The van der Waals surface area contributed by atoms with Crippen molar-refractivity contribution < 1.29 is 14.0 Å². The monoisotopic (exact) mass is 250 g/mol. The number of hydrogen-bond donors (Lipinski definition) is 1. The lowest BCUT2D eigenvalue weighted by atomic mass is 10.1. The molecular formula is C13H15FN2O2. The molecule has 5 heteroatoms. The fraction of sp³-hybridized carbons (Fsp3) is 0.385. The van der Waals surface area contributed by atoms with Crippen LogP contribution in [0.2, 0.25) is 0 Å². The Labute approximate surface area is 105 Å². The van der Waals surface area contributed by atoms with Crippen LogP contribution >= 0.6 is 0 Å². The van der Waals surface area contributed by atoms with E-state index < -0.39 is 0 Å². The molecule has 0 saturated carbocycles. The molecule has 18 heavy (non-hydrogen) atoms. The first-order valence-electron chi connectivity index (χ1n) is 5.82. The van der Waals surface area contributed by atoms with E-state index in [9.17, 15) is 14.0 Å². The van der Waals surface area contributed by atoms with Gasteiger partial charge in [-0.15, -0.1) is 0 Å². The van der Waals surface area contributed by atoms with Crippen molar-refractivity contribution >= 4 is 11.8 Å². The van der Waals surface area contributed by atoms with Crippen molar-refractivity contribution in [1.82, 2.24) is 10.2 Å². The molecule has 1 heterocycles. The van der Waals surface area contributed by atoms with Gasteiger partial charge in [0.1, 0.15) is 5.82 Å². The first-order valence-corrected chi connectivity index (χ1v) is 5.82. The summed E-state index contributed by atoms with van der Waals surface area (Å²) in [4.78, 5) is 24.6. The van der Waals surface area contributed by atoms with Gasteiger partial charge >= 0.3 is 0 Å². The molecule has 1 aliphatic rings. The van der Waals surface area contributed by atoms with Gasteiger partial charge in [0, 0.05) is 20.0 Å². The number of nitrogens with one attached hydrogen (secondary N) is 1. The number of hydrogen-bond acceptors (Lipinski definition) is 2. The Hall–Kier alpha value is -1.91. The third-order valence-corrected chi connectivity index (χ3v) is 2.98. The fourth-order valence-electron chi connectivity index (χ4n) is 2.03. The van der Waals surface area contributed by atoms with Crippen molar-refractivity contribution in [3.8, 4) is 0 Å². The Morgan fingerprint density at radius 2 is 2.11 bits per heavy atom. The fourth-order valence-corrected chi connectivity index (χ4v) is 2.03. The van der Waals surface area contributed by atoms with Crippen LogP contribution in [0.1, 0.15) is 12.0 Å². The van der Waals surface area contributed by atoms with Gasteiger partial charge in [0.25, 0.3) is 0 Å². The van der Waals surface area contributed by atoms with Gasteiger partial charge in [0.15, 0.2) is 0 Å². The molecule has 0 aromatic heterocycles. The molecule has 0 aliphatic carbocycles. The van der Waals surface area contributed by atoms with Crippen LogP contribution in [0.4, 0.5) is 4.39 Å². The summed E-state index contributed by atoms with van der Waals surface area (Å²) in [6.07, 6.45) is 0.556. The summed E-state index contributed by atoms with van der Waals surface area (Å²) in [6.45, 7) is 0.550. The van der Waals surface area contributed by atoms with E-state index in [1.54, 1.807) is 24.1 Å². The van der Waals surface area contributed by atoms with Gasteiger partial charge in [-0.25, -0.2) is 4.39 Å². The maximum absolute atomic E-state index is 12.7. The summed E-state index contributed by atoms with van der Waals surface area (Å²) >= 11 is 0. The Kier molecular flexibility index (Phi) is 3.60. The highest BCUT2D eigenvalue weighted by Gasteiger charge is 2.27. The second-order valence-electron chi connectivity index (χ2n) is 4.55. The smallest absolute Gasteiger partial charge is 0.224 e. The second-order valence-corrected chi connectivity index (χ2v) is 4.55. The Bertz CT molecular complexity index is 459. The highest BCUT2D eigenvalue weighted by atomic mass is 19.1. The minimum Gasteiger partial charge on any atom is -0.351 e. The van der Waals surface area contributed by atoms with Crippen molar-refractivity contribution in [3.05, 3.63) is 35.6 Å². The number of benzene rings is 1. The van der Waals surface area contributed by atoms with Crippen LogP contribution in [0.3, 0.4) is 0 Å². The van der Waals surface area contributed by atoms with Gasteiger partial charge in [-0.2, -0.15) is 0 Å². The number of amides is 2. The standard InChI is InChI=1S/C13H15FN2O2/c1-16-8-11(7-13(16)18)15-12(17)6-9-2-4-10(14)5-3-9/h2-5,11H,6-8H2,1H3,(H,15,17). The maximum Gasteiger partial charge on any atom is 0.224 e. The van der Waals surface area contributed by atoms with Crippen molar-refractivity contribution in [1.29, 1.82) is 0 Å². The van der Waals surface area contributed by atoms with Crippen molar-refractivity contribution in [2.24, 2.45) is 0 Å². The molecule has 1 aromatic rings. The van der Waals surface area contributed by atoms with E-state index in [2.05, 4.69) is 5.32 Å². The average Bonchev–Trinajstić information content (AvgIpc) is 2.61. The summed E-state index contributed by atoms with van der Waals surface area (Å²) in [7, 11) is 1.72. The van der Waals surface area contributed by atoms with Gasteiger partial charge < -0.3 is 10.2 Å². The summed E-state index contributed by atoms with van der Waals surface area (Å²) in [6, 6.07) is 5.71. The number of halogens is 1. The predicted octanol–water partition coefficient (Wildman–Crippen LogP) is 0.715. The topological polar surface area (TPSA) is 49.4 Å². The highest BCUT2D eigenvalue weighted by molar-refractivity contribution is 5.82. The predicted molar refractivity (Wildman–Crippen MR) is 64.3 cm³/mol. The lowest BCUT2D eigenvalue weighted by Gasteiger charge is -2.12. The SMILES string of the molecule is CN1CC(NC(=O)Cc2ccc(F)cc2)CC1=O.